The Labute approximate surface area is 172 Å². The number of fused-ring (bicyclic) bond motifs is 2. The molecule has 2 amide bonds. The summed E-state index contributed by atoms with van der Waals surface area (Å²) in [7, 11) is 0. The number of para-hydroxylation sites is 1. The number of likely N-dealkylation sites (tertiary alicyclic amines) is 2. The van der Waals surface area contributed by atoms with E-state index in [4.69, 9.17) is 11.2 Å². The number of amides is 2. The molecule has 154 valence electrons. The number of terminal acetylenes is 1. The van der Waals surface area contributed by atoms with Gasteiger partial charge in [-0.15, -0.1) is 6.42 Å². The number of anilines is 1. The van der Waals surface area contributed by atoms with Crippen LogP contribution >= 0.6 is 0 Å². The van der Waals surface area contributed by atoms with Crippen molar-refractivity contribution in [2.75, 3.05) is 50.8 Å². The molecule has 0 unspecified atom stereocenters. The molecular formula is C23H29N3O3. The van der Waals surface area contributed by atoms with Crippen LogP contribution in [0.1, 0.15) is 31.7 Å². The van der Waals surface area contributed by atoms with Gasteiger partial charge in [0.15, 0.2) is 6.61 Å². The summed E-state index contributed by atoms with van der Waals surface area (Å²) >= 11 is 0. The van der Waals surface area contributed by atoms with Crippen LogP contribution in [0.25, 0.3) is 0 Å². The second kappa shape index (κ2) is 8.08. The Morgan fingerprint density at radius 1 is 1.24 bits per heavy atom. The summed E-state index contributed by atoms with van der Waals surface area (Å²) in [6, 6.07) is 8.38. The number of nitrogens with zero attached hydrogens (tertiary/aromatic N) is 3. The summed E-state index contributed by atoms with van der Waals surface area (Å²) in [6.45, 7) is 7.04. The van der Waals surface area contributed by atoms with Crippen molar-refractivity contribution in [3.8, 4) is 12.3 Å². The highest BCUT2D eigenvalue weighted by atomic mass is 16.6. The fraction of sp³-hybridized carbons (Fsp3) is 0.565. The first-order valence-corrected chi connectivity index (χ1v) is 10.5. The molecule has 2 fully saturated rings. The van der Waals surface area contributed by atoms with Crippen molar-refractivity contribution in [2.45, 2.75) is 31.6 Å². The first kappa shape index (κ1) is 19.8. The van der Waals surface area contributed by atoms with Gasteiger partial charge in [0, 0.05) is 44.2 Å². The van der Waals surface area contributed by atoms with E-state index in [0.717, 1.165) is 64.2 Å². The lowest BCUT2D eigenvalue weighted by atomic mass is 9.74. The van der Waals surface area contributed by atoms with Gasteiger partial charge in [0.1, 0.15) is 0 Å². The number of piperidine rings is 1. The second-order valence-corrected chi connectivity index (χ2v) is 8.56. The van der Waals surface area contributed by atoms with Crippen LogP contribution in [0.3, 0.4) is 0 Å². The first-order valence-electron chi connectivity index (χ1n) is 10.5. The fourth-order valence-electron chi connectivity index (χ4n) is 5.21. The van der Waals surface area contributed by atoms with Crippen molar-refractivity contribution < 1.29 is 14.3 Å². The molecule has 6 nitrogen and oxygen atoms in total. The molecule has 0 aromatic heterocycles. The molecule has 3 aliphatic rings. The molecule has 29 heavy (non-hydrogen) atoms. The van der Waals surface area contributed by atoms with Gasteiger partial charge in [0.25, 0.3) is 0 Å². The third-order valence-electron chi connectivity index (χ3n) is 6.76. The van der Waals surface area contributed by atoms with E-state index in [9.17, 15) is 9.59 Å². The van der Waals surface area contributed by atoms with Crippen LogP contribution in [0.15, 0.2) is 24.3 Å². The Hall–Kier alpha value is -2.52. The quantitative estimate of drug-likeness (QED) is 0.738. The normalized spacial score (nSPS) is 23.1. The fourth-order valence-corrected chi connectivity index (χ4v) is 5.21. The first-order chi connectivity index (χ1) is 14.0. The van der Waals surface area contributed by atoms with Crippen LogP contribution < -0.4 is 4.90 Å². The maximum atomic E-state index is 12.1. The molecule has 6 heteroatoms. The lowest BCUT2D eigenvalue weighted by Crippen LogP contribution is -2.47. The Bertz CT molecular complexity index is 823. The van der Waals surface area contributed by atoms with E-state index >= 15 is 0 Å². The highest BCUT2D eigenvalue weighted by Crippen LogP contribution is 2.47. The lowest BCUT2D eigenvalue weighted by molar-refractivity contribution is -0.116. The number of rotatable bonds is 3. The molecule has 0 saturated carbocycles. The molecule has 1 aromatic rings. The van der Waals surface area contributed by atoms with Gasteiger partial charge in [-0.25, -0.2) is 4.79 Å². The van der Waals surface area contributed by atoms with E-state index in [2.05, 4.69) is 29.0 Å². The summed E-state index contributed by atoms with van der Waals surface area (Å²) in [5.74, 6) is 2.94. The van der Waals surface area contributed by atoms with Crippen LogP contribution in [0.4, 0.5) is 10.5 Å². The van der Waals surface area contributed by atoms with E-state index in [0.29, 0.717) is 5.92 Å². The minimum Gasteiger partial charge on any atom is -0.436 e. The standard InChI is InChI=1S/C23H29N3O3/c1-3-14-29-22(28)25-11-8-19(16-25)15-24-12-9-23(10-13-24)17-26(18(2)27)21-7-5-4-6-20(21)23/h1,4-7,19H,8-17H2,2H3/t19-/m0/s1. The van der Waals surface area contributed by atoms with Crippen LogP contribution in [-0.2, 0) is 14.9 Å². The number of carbonyl (C=O) groups is 2. The van der Waals surface area contributed by atoms with Crippen molar-refractivity contribution >= 4 is 17.7 Å². The number of hydrogen-bond acceptors (Lipinski definition) is 4. The van der Waals surface area contributed by atoms with E-state index in [1.807, 2.05) is 11.0 Å². The second-order valence-electron chi connectivity index (χ2n) is 8.56. The summed E-state index contributed by atoms with van der Waals surface area (Å²) in [4.78, 5) is 30.4. The van der Waals surface area contributed by atoms with E-state index < -0.39 is 0 Å². The number of benzene rings is 1. The minimum absolute atomic E-state index is 0.0347. The summed E-state index contributed by atoms with van der Waals surface area (Å²) in [6.07, 6.45) is 8.00. The topological polar surface area (TPSA) is 53.1 Å². The molecule has 1 spiro atoms. The lowest BCUT2D eigenvalue weighted by Gasteiger charge is -2.40. The van der Waals surface area contributed by atoms with Gasteiger partial charge in [0.2, 0.25) is 5.91 Å². The molecule has 0 radical (unpaired) electrons. The van der Waals surface area contributed by atoms with Gasteiger partial charge >= 0.3 is 6.09 Å². The summed E-state index contributed by atoms with van der Waals surface area (Å²) < 4.78 is 5.04. The highest BCUT2D eigenvalue weighted by Gasteiger charge is 2.45. The summed E-state index contributed by atoms with van der Waals surface area (Å²) in [5.41, 5.74) is 2.50. The zero-order chi connectivity index (χ0) is 20.4. The number of hydrogen-bond donors (Lipinski definition) is 0. The van der Waals surface area contributed by atoms with Gasteiger partial charge in [0.05, 0.1) is 0 Å². The number of ether oxygens (including phenoxy) is 1. The Kier molecular flexibility index (Phi) is 5.51. The van der Waals surface area contributed by atoms with Crippen LogP contribution in [0, 0.1) is 18.3 Å². The van der Waals surface area contributed by atoms with Gasteiger partial charge in [-0.1, -0.05) is 24.1 Å². The van der Waals surface area contributed by atoms with E-state index in [1.54, 1.807) is 11.8 Å². The molecule has 4 rings (SSSR count). The molecule has 2 saturated heterocycles. The predicted octanol–water partition coefficient (Wildman–Crippen LogP) is 2.48. The molecule has 0 N–H and O–H groups in total. The molecule has 3 aliphatic heterocycles. The Morgan fingerprint density at radius 2 is 2.00 bits per heavy atom. The van der Waals surface area contributed by atoms with Crippen molar-refractivity contribution in [1.29, 1.82) is 0 Å². The van der Waals surface area contributed by atoms with Gasteiger partial charge < -0.3 is 19.4 Å². The van der Waals surface area contributed by atoms with Gasteiger partial charge in [-0.05, 0) is 49.9 Å². The molecule has 0 aliphatic carbocycles. The summed E-state index contributed by atoms with van der Waals surface area (Å²) in [5, 5.41) is 0. The van der Waals surface area contributed by atoms with Gasteiger partial charge in [-0.2, -0.15) is 0 Å². The number of carbonyl (C=O) groups excluding carboxylic acids is 2. The largest absolute Gasteiger partial charge is 0.436 e. The van der Waals surface area contributed by atoms with Gasteiger partial charge in [-0.3, -0.25) is 4.79 Å². The predicted molar refractivity (Wildman–Crippen MR) is 112 cm³/mol. The molecule has 0 bridgehead atoms. The maximum Gasteiger partial charge on any atom is 0.410 e. The molecule has 1 atom stereocenters. The van der Waals surface area contributed by atoms with E-state index in [-0.39, 0.29) is 24.0 Å². The third kappa shape index (κ3) is 3.84. The SMILES string of the molecule is C#CCOC(=O)N1CC[C@@H](CN2CCC3(CC2)CN(C(C)=O)c2ccccc23)C1. The smallest absolute Gasteiger partial charge is 0.410 e. The van der Waals surface area contributed by atoms with Crippen molar-refractivity contribution in [2.24, 2.45) is 5.92 Å². The average molecular weight is 396 g/mol. The average Bonchev–Trinajstić information content (AvgIpc) is 3.32. The van der Waals surface area contributed by atoms with Crippen LogP contribution in [0.2, 0.25) is 0 Å². The Morgan fingerprint density at radius 3 is 2.72 bits per heavy atom. The molecule has 1 aromatic carbocycles. The third-order valence-corrected chi connectivity index (χ3v) is 6.76. The van der Waals surface area contributed by atoms with E-state index in [1.165, 1.54) is 5.56 Å². The van der Waals surface area contributed by atoms with Crippen LogP contribution in [-0.4, -0.2) is 67.7 Å². The van der Waals surface area contributed by atoms with Crippen LogP contribution in [0.5, 0.6) is 0 Å². The zero-order valence-electron chi connectivity index (χ0n) is 17.1. The Balaban J connectivity index is 1.33. The maximum absolute atomic E-state index is 12.1. The van der Waals surface area contributed by atoms with Crippen molar-refractivity contribution in [3.05, 3.63) is 29.8 Å². The molecular weight excluding hydrogens is 366 g/mol. The molecule has 3 heterocycles. The highest BCUT2D eigenvalue weighted by molar-refractivity contribution is 5.94. The monoisotopic (exact) mass is 395 g/mol. The van der Waals surface area contributed by atoms with Crippen molar-refractivity contribution in [3.63, 3.8) is 0 Å². The minimum atomic E-state index is -0.296. The zero-order valence-corrected chi connectivity index (χ0v) is 17.1. The van der Waals surface area contributed by atoms with Crippen molar-refractivity contribution in [1.82, 2.24) is 9.80 Å².